The number of rotatable bonds is 3. The summed E-state index contributed by atoms with van der Waals surface area (Å²) in [4.78, 5) is 18.3. The van der Waals surface area contributed by atoms with Crippen LogP contribution in [0.25, 0.3) is 0 Å². The number of morpholine rings is 1. The van der Waals surface area contributed by atoms with E-state index in [4.69, 9.17) is 4.74 Å². The van der Waals surface area contributed by atoms with E-state index >= 15 is 0 Å². The Hall–Kier alpha value is -1.99. The van der Waals surface area contributed by atoms with Gasteiger partial charge in [-0.2, -0.15) is 0 Å². The molecule has 1 aromatic heterocycles. The Kier molecular flexibility index (Phi) is 4.88. The Labute approximate surface area is 138 Å². The lowest BCUT2D eigenvalue weighted by molar-refractivity contribution is -0.0155. The van der Waals surface area contributed by atoms with E-state index in [0.717, 1.165) is 16.3 Å². The molecule has 1 atom stereocenters. The number of nitrogens with zero attached hydrogens (tertiary/aromatic N) is 2. The second kappa shape index (κ2) is 7.06. The molecule has 1 aliphatic heterocycles. The Morgan fingerprint density at radius 1 is 1.48 bits per heavy atom. The Morgan fingerprint density at radius 3 is 2.96 bits per heavy atom. The molecule has 7 heteroatoms. The molecule has 0 unspecified atom stereocenters. The van der Waals surface area contributed by atoms with Crippen molar-refractivity contribution in [3.8, 4) is 0 Å². The van der Waals surface area contributed by atoms with Crippen molar-refractivity contribution < 1.29 is 13.9 Å². The van der Waals surface area contributed by atoms with Crippen molar-refractivity contribution >= 4 is 17.4 Å². The fourth-order valence-electron chi connectivity index (χ4n) is 2.48. The van der Waals surface area contributed by atoms with Crippen molar-refractivity contribution in [2.45, 2.75) is 19.6 Å². The topological polar surface area (TPSA) is 54.5 Å². The number of ether oxygens (including phenoxy) is 1. The minimum Gasteiger partial charge on any atom is -0.370 e. The number of thiazole rings is 1. The maximum Gasteiger partial charge on any atom is 0.317 e. The number of hydrogen-bond acceptors (Lipinski definition) is 4. The van der Waals surface area contributed by atoms with Gasteiger partial charge in [0.05, 0.1) is 30.4 Å². The third-order valence-corrected chi connectivity index (χ3v) is 4.51. The highest BCUT2D eigenvalue weighted by atomic mass is 32.1. The summed E-state index contributed by atoms with van der Waals surface area (Å²) in [6, 6.07) is 6.06. The normalized spacial score (nSPS) is 18.0. The third kappa shape index (κ3) is 4.05. The first kappa shape index (κ1) is 15.9. The molecule has 1 fully saturated rings. The lowest BCUT2D eigenvalue weighted by Crippen LogP contribution is -2.47. The molecular formula is C16H18FN3O2S. The molecule has 1 N–H and O–H groups in total. The first-order valence-corrected chi connectivity index (χ1v) is 8.30. The molecule has 1 aliphatic rings. The van der Waals surface area contributed by atoms with Crippen molar-refractivity contribution in [3.05, 3.63) is 51.7 Å². The number of carbonyl (C=O) groups is 1. The lowest BCUT2D eigenvalue weighted by atomic mass is 10.1. The molecule has 3 rings (SSSR count). The summed E-state index contributed by atoms with van der Waals surface area (Å²) in [5.74, 6) is -0.280. The number of nitrogens with one attached hydrogen (secondary N) is 1. The zero-order valence-corrected chi connectivity index (χ0v) is 13.6. The molecule has 2 heterocycles. The number of halogens is 1. The average Bonchev–Trinajstić information content (AvgIpc) is 2.99. The first-order valence-electron chi connectivity index (χ1n) is 7.42. The Bertz CT molecular complexity index is 674. The van der Waals surface area contributed by atoms with E-state index in [9.17, 15) is 9.18 Å². The van der Waals surface area contributed by atoms with E-state index in [1.54, 1.807) is 28.4 Å². The molecule has 0 spiro atoms. The molecule has 122 valence electrons. The van der Waals surface area contributed by atoms with Gasteiger partial charge in [0, 0.05) is 11.9 Å². The van der Waals surface area contributed by atoms with E-state index in [0.29, 0.717) is 26.2 Å². The van der Waals surface area contributed by atoms with Gasteiger partial charge >= 0.3 is 6.03 Å². The van der Waals surface area contributed by atoms with Crippen LogP contribution in [-0.4, -0.2) is 35.6 Å². The molecule has 0 radical (unpaired) electrons. The average molecular weight is 335 g/mol. The fraction of sp³-hybridized carbons (Fsp3) is 0.375. The minimum absolute atomic E-state index is 0.133. The van der Waals surface area contributed by atoms with E-state index in [2.05, 4.69) is 10.3 Å². The van der Waals surface area contributed by atoms with Crippen molar-refractivity contribution in [3.63, 3.8) is 0 Å². The van der Waals surface area contributed by atoms with Gasteiger partial charge in [0.15, 0.2) is 0 Å². The second-order valence-corrected chi connectivity index (χ2v) is 6.44. The third-order valence-electron chi connectivity index (χ3n) is 3.68. The highest BCUT2D eigenvalue weighted by Gasteiger charge is 2.25. The van der Waals surface area contributed by atoms with Gasteiger partial charge in [0.1, 0.15) is 11.9 Å². The van der Waals surface area contributed by atoms with Gasteiger partial charge in [-0.3, -0.25) is 0 Å². The molecule has 23 heavy (non-hydrogen) atoms. The molecular weight excluding hydrogens is 317 g/mol. The molecule has 1 saturated heterocycles. The summed E-state index contributed by atoms with van der Waals surface area (Å²) in [7, 11) is 0. The summed E-state index contributed by atoms with van der Waals surface area (Å²) >= 11 is 1.56. The number of hydrogen-bond donors (Lipinski definition) is 1. The number of aromatic nitrogens is 1. The van der Waals surface area contributed by atoms with Crippen molar-refractivity contribution in [1.82, 2.24) is 15.2 Å². The molecule has 0 saturated carbocycles. The standard InChI is InChI=1S/C16H18FN3O2S/c1-11-19-14(10-23-11)8-18-16(21)20-6-7-22-15(9-20)12-2-4-13(17)5-3-12/h2-5,10,15H,6-9H2,1H3,(H,18,21)/t15-/m0/s1. The first-order chi connectivity index (χ1) is 11.1. The van der Waals surface area contributed by atoms with Gasteiger partial charge < -0.3 is 15.0 Å². The quantitative estimate of drug-likeness (QED) is 0.938. The summed E-state index contributed by atoms with van der Waals surface area (Å²) in [5, 5.41) is 5.80. The summed E-state index contributed by atoms with van der Waals surface area (Å²) in [6.07, 6.45) is -0.225. The number of aryl methyl sites for hydroxylation is 1. The van der Waals surface area contributed by atoms with Gasteiger partial charge in [0.25, 0.3) is 0 Å². The fourth-order valence-corrected chi connectivity index (χ4v) is 3.09. The molecule has 1 aromatic carbocycles. The van der Waals surface area contributed by atoms with Crippen LogP contribution < -0.4 is 5.32 Å². The number of carbonyl (C=O) groups excluding carboxylic acids is 1. The molecule has 5 nitrogen and oxygen atoms in total. The predicted molar refractivity (Wildman–Crippen MR) is 85.8 cm³/mol. The van der Waals surface area contributed by atoms with Crippen LogP contribution in [0.5, 0.6) is 0 Å². The second-order valence-electron chi connectivity index (χ2n) is 5.37. The number of amides is 2. The summed E-state index contributed by atoms with van der Waals surface area (Å²) < 4.78 is 18.7. The van der Waals surface area contributed by atoms with Crippen LogP contribution in [0.2, 0.25) is 0 Å². The van der Waals surface area contributed by atoms with E-state index < -0.39 is 0 Å². The van der Waals surface area contributed by atoms with Crippen molar-refractivity contribution in [2.24, 2.45) is 0 Å². The van der Waals surface area contributed by atoms with Crippen molar-refractivity contribution in [2.75, 3.05) is 19.7 Å². The van der Waals surface area contributed by atoms with Crippen LogP contribution >= 0.6 is 11.3 Å². The van der Waals surface area contributed by atoms with Gasteiger partial charge in [-0.15, -0.1) is 11.3 Å². The molecule has 0 bridgehead atoms. The van der Waals surface area contributed by atoms with E-state index in [-0.39, 0.29) is 18.0 Å². The highest BCUT2D eigenvalue weighted by Crippen LogP contribution is 2.22. The van der Waals surface area contributed by atoms with Gasteiger partial charge in [-0.25, -0.2) is 14.2 Å². The van der Waals surface area contributed by atoms with Gasteiger partial charge in [-0.1, -0.05) is 12.1 Å². The minimum atomic E-state index is -0.280. The SMILES string of the molecule is Cc1nc(CNC(=O)N2CCO[C@H](c3ccc(F)cc3)C2)cs1. The monoisotopic (exact) mass is 335 g/mol. The smallest absolute Gasteiger partial charge is 0.317 e. The van der Waals surface area contributed by atoms with Crippen LogP contribution in [0.4, 0.5) is 9.18 Å². The molecule has 0 aliphatic carbocycles. The Balaban J connectivity index is 1.57. The van der Waals surface area contributed by atoms with Crippen LogP contribution in [0.3, 0.4) is 0 Å². The summed E-state index contributed by atoms with van der Waals surface area (Å²) in [6.45, 7) is 3.81. The zero-order valence-electron chi connectivity index (χ0n) is 12.8. The van der Waals surface area contributed by atoms with Crippen LogP contribution in [0, 0.1) is 12.7 Å². The lowest BCUT2D eigenvalue weighted by Gasteiger charge is -2.33. The summed E-state index contributed by atoms with van der Waals surface area (Å²) in [5.41, 5.74) is 1.74. The maximum atomic E-state index is 13.0. The molecule has 2 aromatic rings. The number of benzene rings is 1. The maximum absolute atomic E-state index is 13.0. The van der Waals surface area contributed by atoms with Crippen LogP contribution in [0.1, 0.15) is 22.4 Å². The van der Waals surface area contributed by atoms with Crippen LogP contribution in [0.15, 0.2) is 29.6 Å². The highest BCUT2D eigenvalue weighted by molar-refractivity contribution is 7.09. The number of urea groups is 1. The molecule has 2 amide bonds. The van der Waals surface area contributed by atoms with Crippen LogP contribution in [-0.2, 0) is 11.3 Å². The van der Waals surface area contributed by atoms with E-state index in [1.165, 1.54) is 12.1 Å². The van der Waals surface area contributed by atoms with E-state index in [1.807, 2.05) is 12.3 Å². The van der Waals surface area contributed by atoms with Gasteiger partial charge in [0.2, 0.25) is 0 Å². The van der Waals surface area contributed by atoms with Gasteiger partial charge in [-0.05, 0) is 24.6 Å². The van der Waals surface area contributed by atoms with Crippen molar-refractivity contribution in [1.29, 1.82) is 0 Å². The largest absolute Gasteiger partial charge is 0.370 e. The Morgan fingerprint density at radius 2 is 2.26 bits per heavy atom. The predicted octanol–water partition coefficient (Wildman–Crippen LogP) is 2.87. The zero-order chi connectivity index (χ0) is 16.2.